The van der Waals surface area contributed by atoms with Crippen molar-refractivity contribution < 1.29 is 18.5 Å². The molecular formula is C16H12N4O4. The summed E-state index contributed by atoms with van der Waals surface area (Å²) in [6.07, 6.45) is 1.53. The van der Waals surface area contributed by atoms with E-state index in [1.165, 1.54) is 13.3 Å². The highest BCUT2D eigenvalue weighted by Crippen LogP contribution is 2.25. The van der Waals surface area contributed by atoms with E-state index in [1.54, 1.807) is 30.3 Å². The topological polar surface area (TPSA) is 101 Å². The Morgan fingerprint density at radius 1 is 1.17 bits per heavy atom. The number of carbonyl (C=O) groups is 2. The number of anilines is 1. The molecule has 0 spiro atoms. The fourth-order valence-corrected chi connectivity index (χ4v) is 2.48. The molecule has 0 bridgehead atoms. The molecule has 8 nitrogen and oxygen atoms in total. The summed E-state index contributed by atoms with van der Waals surface area (Å²) in [4.78, 5) is 29.2. The highest BCUT2D eigenvalue weighted by Gasteiger charge is 2.32. The first-order chi connectivity index (χ1) is 11.6. The maximum absolute atomic E-state index is 12.0. The van der Waals surface area contributed by atoms with Crippen LogP contribution in [0.4, 0.5) is 5.69 Å². The van der Waals surface area contributed by atoms with E-state index in [1.807, 2.05) is 0 Å². The Balaban J connectivity index is 1.49. The van der Waals surface area contributed by atoms with E-state index in [0.29, 0.717) is 34.3 Å². The first-order valence-electron chi connectivity index (χ1n) is 7.20. The summed E-state index contributed by atoms with van der Waals surface area (Å²) in [6.45, 7) is 0.282. The quantitative estimate of drug-likeness (QED) is 0.734. The summed E-state index contributed by atoms with van der Waals surface area (Å²) >= 11 is 0. The maximum atomic E-state index is 12.0. The first kappa shape index (κ1) is 14.2. The Labute approximate surface area is 136 Å². The number of benzene rings is 1. The standard InChI is InChI=1S/C16H12N4O4/c1-20-15(21)10-5-4-9(7-11(10)16(20)22)17-8-13-18-14(19-24-13)12-3-2-6-23-12/h2-7,17H,8H2,1H3. The minimum Gasteiger partial charge on any atom is -0.461 e. The van der Waals surface area contributed by atoms with Gasteiger partial charge in [0.05, 0.1) is 23.9 Å². The highest BCUT2D eigenvalue weighted by molar-refractivity contribution is 6.21. The number of hydrogen-bond acceptors (Lipinski definition) is 7. The predicted molar refractivity (Wildman–Crippen MR) is 82.2 cm³/mol. The van der Waals surface area contributed by atoms with Crippen LogP contribution in [0.1, 0.15) is 26.6 Å². The van der Waals surface area contributed by atoms with Gasteiger partial charge in [-0.25, -0.2) is 0 Å². The van der Waals surface area contributed by atoms with Crippen molar-refractivity contribution in [1.82, 2.24) is 15.0 Å². The summed E-state index contributed by atoms with van der Waals surface area (Å²) in [5.41, 5.74) is 1.48. The molecule has 0 aliphatic carbocycles. The number of furan rings is 1. The van der Waals surface area contributed by atoms with Crippen molar-refractivity contribution in [2.24, 2.45) is 0 Å². The zero-order valence-corrected chi connectivity index (χ0v) is 12.6. The molecule has 0 saturated heterocycles. The molecule has 3 aromatic rings. The minimum atomic E-state index is -0.309. The third-order valence-corrected chi connectivity index (χ3v) is 3.74. The third kappa shape index (κ3) is 2.24. The number of fused-ring (bicyclic) bond motifs is 1. The number of nitrogens with zero attached hydrogens (tertiary/aromatic N) is 3. The molecule has 24 heavy (non-hydrogen) atoms. The van der Waals surface area contributed by atoms with Gasteiger partial charge in [-0.1, -0.05) is 5.16 Å². The molecule has 3 heterocycles. The highest BCUT2D eigenvalue weighted by atomic mass is 16.5. The van der Waals surface area contributed by atoms with Gasteiger partial charge in [-0.05, 0) is 30.3 Å². The number of hydrogen-bond donors (Lipinski definition) is 1. The van der Waals surface area contributed by atoms with Gasteiger partial charge in [-0.15, -0.1) is 0 Å². The number of aromatic nitrogens is 2. The Bertz CT molecular complexity index is 929. The summed E-state index contributed by atoms with van der Waals surface area (Å²) in [7, 11) is 1.46. The second-order valence-electron chi connectivity index (χ2n) is 5.27. The largest absolute Gasteiger partial charge is 0.461 e. The van der Waals surface area contributed by atoms with Gasteiger partial charge in [-0.3, -0.25) is 14.5 Å². The molecule has 1 aliphatic heterocycles. The number of imide groups is 1. The second kappa shape index (κ2) is 5.34. The molecule has 2 aromatic heterocycles. The van der Waals surface area contributed by atoms with Crippen molar-refractivity contribution in [3.8, 4) is 11.6 Å². The molecule has 1 aromatic carbocycles. The lowest BCUT2D eigenvalue weighted by Crippen LogP contribution is -2.24. The van der Waals surface area contributed by atoms with Gasteiger partial charge < -0.3 is 14.3 Å². The van der Waals surface area contributed by atoms with Crippen molar-refractivity contribution in [2.75, 3.05) is 12.4 Å². The molecule has 120 valence electrons. The normalized spacial score (nSPS) is 13.5. The van der Waals surface area contributed by atoms with Gasteiger partial charge >= 0.3 is 0 Å². The smallest absolute Gasteiger partial charge is 0.261 e. The van der Waals surface area contributed by atoms with Crippen molar-refractivity contribution in [3.63, 3.8) is 0 Å². The number of carbonyl (C=O) groups excluding carboxylic acids is 2. The minimum absolute atomic E-state index is 0.282. The summed E-state index contributed by atoms with van der Waals surface area (Å²) in [5.74, 6) is 0.669. The van der Waals surface area contributed by atoms with E-state index in [-0.39, 0.29) is 18.4 Å². The van der Waals surface area contributed by atoms with Gasteiger partial charge in [0.1, 0.15) is 0 Å². The molecule has 0 saturated carbocycles. The van der Waals surface area contributed by atoms with Crippen LogP contribution in [0.15, 0.2) is 45.5 Å². The average Bonchev–Trinajstić information content (AvgIpc) is 3.31. The summed E-state index contributed by atoms with van der Waals surface area (Å²) in [5, 5.41) is 6.93. The van der Waals surface area contributed by atoms with Crippen LogP contribution in [-0.2, 0) is 6.54 Å². The molecule has 1 aliphatic rings. The van der Waals surface area contributed by atoms with Crippen molar-refractivity contribution in [2.45, 2.75) is 6.54 Å². The molecule has 0 unspecified atom stereocenters. The molecule has 1 N–H and O–H groups in total. The Morgan fingerprint density at radius 3 is 2.79 bits per heavy atom. The van der Waals surface area contributed by atoms with E-state index in [4.69, 9.17) is 8.94 Å². The zero-order valence-electron chi connectivity index (χ0n) is 12.6. The maximum Gasteiger partial charge on any atom is 0.261 e. The van der Waals surface area contributed by atoms with Gasteiger partial charge in [0.25, 0.3) is 11.8 Å². The van der Waals surface area contributed by atoms with Crippen LogP contribution in [-0.4, -0.2) is 33.9 Å². The van der Waals surface area contributed by atoms with Crippen LogP contribution in [0.3, 0.4) is 0 Å². The molecule has 4 rings (SSSR count). The van der Waals surface area contributed by atoms with Crippen LogP contribution in [0.5, 0.6) is 0 Å². The average molecular weight is 324 g/mol. The van der Waals surface area contributed by atoms with Gasteiger partial charge in [0, 0.05) is 12.7 Å². The van der Waals surface area contributed by atoms with Crippen LogP contribution in [0, 0.1) is 0 Å². The summed E-state index contributed by atoms with van der Waals surface area (Å²) < 4.78 is 10.3. The zero-order chi connectivity index (χ0) is 16.7. The molecular weight excluding hydrogens is 312 g/mol. The van der Waals surface area contributed by atoms with Crippen LogP contribution in [0.2, 0.25) is 0 Å². The van der Waals surface area contributed by atoms with E-state index in [9.17, 15) is 9.59 Å². The lowest BCUT2D eigenvalue weighted by atomic mass is 10.1. The number of rotatable bonds is 4. The van der Waals surface area contributed by atoms with Crippen LogP contribution in [0.25, 0.3) is 11.6 Å². The number of nitrogens with one attached hydrogen (secondary N) is 1. The fraction of sp³-hybridized carbons (Fsp3) is 0.125. The van der Waals surface area contributed by atoms with E-state index in [2.05, 4.69) is 15.5 Å². The second-order valence-corrected chi connectivity index (χ2v) is 5.27. The SMILES string of the molecule is CN1C(=O)c2ccc(NCc3nc(-c4ccco4)no3)cc2C1=O. The van der Waals surface area contributed by atoms with E-state index in [0.717, 1.165) is 4.90 Å². The Morgan fingerprint density at radius 2 is 2.00 bits per heavy atom. The fourth-order valence-electron chi connectivity index (χ4n) is 2.48. The van der Waals surface area contributed by atoms with Crippen molar-refractivity contribution in [3.05, 3.63) is 53.6 Å². The third-order valence-electron chi connectivity index (χ3n) is 3.74. The van der Waals surface area contributed by atoms with Crippen molar-refractivity contribution >= 4 is 17.5 Å². The summed E-state index contributed by atoms with van der Waals surface area (Å²) in [6, 6.07) is 8.48. The lowest BCUT2D eigenvalue weighted by molar-refractivity contribution is 0.0693. The predicted octanol–water partition coefficient (Wildman–Crippen LogP) is 2.17. The van der Waals surface area contributed by atoms with Crippen LogP contribution < -0.4 is 5.32 Å². The number of amides is 2. The molecule has 0 fully saturated rings. The molecule has 8 heteroatoms. The molecule has 2 amide bonds. The van der Waals surface area contributed by atoms with E-state index >= 15 is 0 Å². The Hall–Kier alpha value is -3.42. The van der Waals surface area contributed by atoms with Gasteiger partial charge in [0.2, 0.25) is 11.7 Å². The van der Waals surface area contributed by atoms with Crippen molar-refractivity contribution in [1.29, 1.82) is 0 Å². The van der Waals surface area contributed by atoms with E-state index < -0.39 is 0 Å². The lowest BCUT2D eigenvalue weighted by Gasteiger charge is -2.04. The monoisotopic (exact) mass is 324 g/mol. The Kier molecular flexibility index (Phi) is 3.16. The van der Waals surface area contributed by atoms with Gasteiger partial charge in [0.15, 0.2) is 5.76 Å². The molecule has 0 atom stereocenters. The first-order valence-corrected chi connectivity index (χ1v) is 7.20. The van der Waals surface area contributed by atoms with Gasteiger partial charge in [-0.2, -0.15) is 4.98 Å². The van der Waals surface area contributed by atoms with Crippen LogP contribution >= 0.6 is 0 Å². The molecule has 0 radical (unpaired) electrons.